The summed E-state index contributed by atoms with van der Waals surface area (Å²) in [5, 5.41) is 14.3. The van der Waals surface area contributed by atoms with Gasteiger partial charge in [0.2, 0.25) is 17.7 Å². The summed E-state index contributed by atoms with van der Waals surface area (Å²) in [4.78, 5) is 60.3. The maximum absolute atomic E-state index is 12.7. The van der Waals surface area contributed by atoms with Gasteiger partial charge in [-0.1, -0.05) is 0 Å². The number of amides is 4. The molecule has 1 aliphatic heterocycles. The van der Waals surface area contributed by atoms with Gasteiger partial charge in [-0.25, -0.2) is 9.59 Å². The van der Waals surface area contributed by atoms with E-state index in [0.29, 0.717) is 39.2 Å². The third-order valence-electron chi connectivity index (χ3n) is 4.99. The first-order chi connectivity index (χ1) is 17.4. The molecule has 0 unspecified atom stereocenters. The van der Waals surface area contributed by atoms with Crippen LogP contribution in [0.2, 0.25) is 0 Å². The molecule has 0 radical (unpaired) electrons. The number of carbonyl (C=O) groups is 5. The first-order valence-electron chi connectivity index (χ1n) is 12.2. The highest BCUT2D eigenvalue weighted by Gasteiger charge is 2.38. The van der Waals surface area contributed by atoms with Crippen LogP contribution in [0.1, 0.15) is 46.5 Å². The van der Waals surface area contributed by atoms with Gasteiger partial charge < -0.3 is 45.3 Å². The molecule has 0 aromatic carbocycles. The lowest BCUT2D eigenvalue weighted by molar-refractivity contribution is -0.149. The molecule has 0 bridgehead atoms. The second-order valence-corrected chi connectivity index (χ2v) is 9.33. The number of likely N-dealkylation sites (tertiary alicyclic amines) is 1. The Labute approximate surface area is 216 Å². The van der Waals surface area contributed by atoms with E-state index in [1.54, 1.807) is 20.8 Å². The third-order valence-corrected chi connectivity index (χ3v) is 4.99. The van der Waals surface area contributed by atoms with Crippen molar-refractivity contribution in [2.45, 2.75) is 64.1 Å². The molecule has 2 atom stereocenters. The molecule has 37 heavy (non-hydrogen) atoms. The zero-order valence-corrected chi connectivity index (χ0v) is 21.8. The van der Waals surface area contributed by atoms with Crippen molar-refractivity contribution in [1.29, 1.82) is 0 Å². The van der Waals surface area contributed by atoms with E-state index in [9.17, 15) is 29.1 Å². The molecule has 1 fully saturated rings. The van der Waals surface area contributed by atoms with E-state index in [0.717, 1.165) is 4.90 Å². The molecule has 5 N–H and O–H groups in total. The predicted octanol–water partition coefficient (Wildman–Crippen LogP) is -0.613. The largest absolute Gasteiger partial charge is 0.480 e. The quantitative estimate of drug-likeness (QED) is 0.175. The highest BCUT2D eigenvalue weighted by molar-refractivity contribution is 5.94. The van der Waals surface area contributed by atoms with E-state index in [4.69, 9.17) is 24.7 Å². The molecule has 0 aromatic heterocycles. The number of ether oxygens (including phenoxy) is 4. The number of primary amides is 1. The number of nitrogens with zero attached hydrogens (tertiary/aromatic N) is 1. The Morgan fingerprint density at radius 3 is 2.16 bits per heavy atom. The van der Waals surface area contributed by atoms with E-state index in [1.807, 2.05) is 0 Å². The summed E-state index contributed by atoms with van der Waals surface area (Å²) in [6.45, 7) is 7.39. The van der Waals surface area contributed by atoms with Gasteiger partial charge in [0.25, 0.3) is 0 Å². The van der Waals surface area contributed by atoms with Crippen molar-refractivity contribution >= 4 is 29.8 Å². The number of hydrogen-bond donors (Lipinski definition) is 4. The van der Waals surface area contributed by atoms with Crippen LogP contribution in [0.25, 0.3) is 0 Å². The topological polar surface area (TPSA) is 196 Å². The van der Waals surface area contributed by atoms with Gasteiger partial charge in [0, 0.05) is 19.5 Å². The molecular formula is C23H40N4O10. The van der Waals surface area contributed by atoms with Crippen molar-refractivity contribution in [2.24, 2.45) is 5.73 Å². The number of aliphatic carboxylic acids is 1. The van der Waals surface area contributed by atoms with Crippen molar-refractivity contribution in [1.82, 2.24) is 15.5 Å². The zero-order valence-electron chi connectivity index (χ0n) is 21.8. The van der Waals surface area contributed by atoms with Crippen LogP contribution in [0.15, 0.2) is 0 Å². The standard InChI is InChI=1S/C23H40N4O10/c1-23(2,3)37-22(33)25-7-10-35-12-14-36-13-11-34-9-6-19(29)26-16(15-18(24)28)20(30)27-8-4-5-17(27)21(31)32/h16-17H,4-15H2,1-3H3,(H2,24,28)(H,25,33)(H,26,29)(H,31,32)/t16-,17-/m0/s1. The molecule has 1 rings (SSSR count). The van der Waals surface area contributed by atoms with E-state index >= 15 is 0 Å². The number of alkyl carbamates (subject to hydrolysis) is 1. The maximum atomic E-state index is 12.7. The lowest BCUT2D eigenvalue weighted by atomic mass is 10.1. The number of hydrogen-bond acceptors (Lipinski definition) is 9. The summed E-state index contributed by atoms with van der Waals surface area (Å²) in [6, 6.07) is -2.21. The Hall–Kier alpha value is -2.97. The Morgan fingerprint density at radius 1 is 1.00 bits per heavy atom. The average Bonchev–Trinajstić information content (AvgIpc) is 3.27. The fraction of sp³-hybridized carbons (Fsp3) is 0.783. The fourth-order valence-corrected chi connectivity index (χ4v) is 3.40. The average molecular weight is 533 g/mol. The summed E-state index contributed by atoms with van der Waals surface area (Å²) >= 11 is 0. The van der Waals surface area contributed by atoms with Gasteiger partial charge in [-0.2, -0.15) is 0 Å². The van der Waals surface area contributed by atoms with Crippen LogP contribution in [0, 0.1) is 0 Å². The van der Waals surface area contributed by atoms with E-state index in [-0.39, 0.29) is 32.8 Å². The van der Waals surface area contributed by atoms with Gasteiger partial charge in [0.15, 0.2) is 0 Å². The molecule has 212 valence electrons. The van der Waals surface area contributed by atoms with Gasteiger partial charge in [0.05, 0.1) is 46.1 Å². The summed E-state index contributed by atoms with van der Waals surface area (Å²) in [7, 11) is 0. The second kappa shape index (κ2) is 16.7. The van der Waals surface area contributed by atoms with Crippen molar-refractivity contribution in [3.63, 3.8) is 0 Å². The molecule has 14 heteroatoms. The smallest absolute Gasteiger partial charge is 0.407 e. The number of nitrogens with one attached hydrogen (secondary N) is 2. The molecule has 1 aliphatic rings. The van der Waals surface area contributed by atoms with E-state index < -0.39 is 53.9 Å². The second-order valence-electron chi connectivity index (χ2n) is 9.33. The van der Waals surface area contributed by atoms with Gasteiger partial charge in [-0.05, 0) is 33.6 Å². The molecule has 1 heterocycles. The maximum Gasteiger partial charge on any atom is 0.407 e. The number of carboxylic acids is 1. The predicted molar refractivity (Wildman–Crippen MR) is 129 cm³/mol. The Morgan fingerprint density at radius 2 is 1.59 bits per heavy atom. The number of carboxylic acid groups (broad SMARTS) is 1. The minimum atomic E-state index is -1.23. The van der Waals surface area contributed by atoms with E-state index in [2.05, 4.69) is 10.6 Å². The summed E-state index contributed by atoms with van der Waals surface area (Å²) in [5.41, 5.74) is 4.64. The zero-order chi connectivity index (χ0) is 27.8. The Kier molecular flexibility index (Phi) is 14.5. The first-order valence-corrected chi connectivity index (χ1v) is 12.2. The van der Waals surface area contributed by atoms with Crippen LogP contribution in [-0.2, 0) is 38.1 Å². The molecular weight excluding hydrogens is 492 g/mol. The Balaban J connectivity index is 2.15. The van der Waals surface area contributed by atoms with Gasteiger partial charge >= 0.3 is 12.1 Å². The van der Waals surface area contributed by atoms with Gasteiger partial charge in [0.1, 0.15) is 17.7 Å². The van der Waals surface area contributed by atoms with Crippen LogP contribution in [-0.4, -0.2) is 110 Å². The lowest BCUT2D eigenvalue weighted by Crippen LogP contribution is -2.53. The molecule has 14 nitrogen and oxygen atoms in total. The summed E-state index contributed by atoms with van der Waals surface area (Å²) < 4.78 is 21.1. The third kappa shape index (κ3) is 14.4. The molecule has 0 aliphatic carbocycles. The normalized spacial score (nSPS) is 16.2. The van der Waals surface area contributed by atoms with Crippen LogP contribution in [0.4, 0.5) is 4.79 Å². The monoisotopic (exact) mass is 532 g/mol. The van der Waals surface area contributed by atoms with E-state index in [1.165, 1.54) is 0 Å². The van der Waals surface area contributed by atoms with Crippen molar-refractivity contribution < 1.29 is 48.0 Å². The molecule has 0 saturated carbocycles. The Bertz CT molecular complexity index is 771. The molecule has 4 amide bonds. The highest BCUT2D eigenvalue weighted by Crippen LogP contribution is 2.19. The van der Waals surface area contributed by atoms with Crippen LogP contribution in [0.5, 0.6) is 0 Å². The molecule has 1 saturated heterocycles. The van der Waals surface area contributed by atoms with Crippen LogP contribution < -0.4 is 16.4 Å². The number of nitrogens with two attached hydrogens (primary N) is 1. The van der Waals surface area contributed by atoms with Gasteiger partial charge in [-0.15, -0.1) is 0 Å². The minimum Gasteiger partial charge on any atom is -0.480 e. The molecule has 0 spiro atoms. The summed E-state index contributed by atoms with van der Waals surface area (Å²) in [6.07, 6.45) is -0.176. The van der Waals surface area contributed by atoms with Crippen LogP contribution in [0.3, 0.4) is 0 Å². The van der Waals surface area contributed by atoms with Crippen LogP contribution >= 0.6 is 0 Å². The first kappa shape index (κ1) is 32.1. The molecule has 0 aromatic rings. The number of carbonyl (C=O) groups excluding carboxylic acids is 4. The van der Waals surface area contributed by atoms with Crippen molar-refractivity contribution in [3.8, 4) is 0 Å². The fourth-order valence-electron chi connectivity index (χ4n) is 3.40. The van der Waals surface area contributed by atoms with Crippen molar-refractivity contribution in [3.05, 3.63) is 0 Å². The SMILES string of the molecule is CC(C)(C)OC(=O)NCCOCCOCCOCCC(=O)N[C@@H](CC(N)=O)C(=O)N1CCC[C@H]1C(=O)O. The number of rotatable bonds is 17. The summed E-state index contributed by atoms with van der Waals surface area (Å²) in [5.74, 6) is -3.09. The van der Waals surface area contributed by atoms with Crippen molar-refractivity contribution in [2.75, 3.05) is 52.7 Å². The van der Waals surface area contributed by atoms with Gasteiger partial charge in [-0.3, -0.25) is 14.4 Å². The minimum absolute atomic E-state index is 0.0565. The lowest BCUT2D eigenvalue weighted by Gasteiger charge is -2.26. The highest BCUT2D eigenvalue weighted by atomic mass is 16.6.